The van der Waals surface area contributed by atoms with Gasteiger partial charge < -0.3 is 29.4 Å². The van der Waals surface area contributed by atoms with Crippen LogP contribution in [0.4, 0.5) is 27.4 Å². The van der Waals surface area contributed by atoms with E-state index >= 15 is 4.39 Å². The van der Waals surface area contributed by atoms with Crippen molar-refractivity contribution in [2.75, 3.05) is 60.9 Å². The van der Waals surface area contributed by atoms with Gasteiger partial charge in [-0.1, -0.05) is 19.9 Å². The summed E-state index contributed by atoms with van der Waals surface area (Å²) in [5.41, 5.74) is 7.66. The molecule has 0 saturated carbocycles. The number of carbonyl (C=O) groups is 4. The van der Waals surface area contributed by atoms with Gasteiger partial charge in [-0.15, -0.1) is 0 Å². The lowest BCUT2D eigenvalue weighted by Crippen LogP contribution is -2.53. The summed E-state index contributed by atoms with van der Waals surface area (Å²) in [6.45, 7) is 11.2. The standard InChI is InChI=1S/C52H58FN11O6/c1-52(2)24-32-23-42-50(69)63(19-18-62(42)43(32)25-52)47-38(30-65)37(8-11-54-47)33-22-40(49(68)58(3)28-33)56-44-6-4-36(26-55-44)61-16-14-60(15-17-61)35-9-12-59(13-10-35)27-31-20-34-29-64(51(70)46(34)39(53)21-31)41-5-7-45(66)57-48(41)67/h4,6,8,11,20-23,26,28,35,41,65H,5,7,9-10,12-19,24-25,27,29-30H2,1-3H3,(H,55,56)(H,57,66,67). The van der Waals surface area contributed by atoms with Crippen molar-refractivity contribution in [2.24, 2.45) is 12.5 Å². The fourth-order valence-corrected chi connectivity index (χ4v) is 11.8. The summed E-state index contributed by atoms with van der Waals surface area (Å²) < 4.78 is 19.0. The number of amides is 4. The van der Waals surface area contributed by atoms with E-state index in [9.17, 15) is 29.1 Å². The molecule has 18 heteroatoms. The van der Waals surface area contributed by atoms with E-state index in [0.717, 1.165) is 76.2 Å². The monoisotopic (exact) mass is 951 g/mol. The number of likely N-dealkylation sites (tertiary alicyclic amines) is 1. The van der Waals surface area contributed by atoms with Gasteiger partial charge in [-0.05, 0) is 109 Å². The quantitative estimate of drug-likeness (QED) is 0.169. The Bertz CT molecular complexity index is 3010. The van der Waals surface area contributed by atoms with E-state index in [2.05, 4.69) is 48.7 Å². The van der Waals surface area contributed by atoms with Crippen LogP contribution < -0.4 is 26.0 Å². The van der Waals surface area contributed by atoms with Crippen LogP contribution in [0.2, 0.25) is 0 Å². The third-order valence-corrected chi connectivity index (χ3v) is 15.4. The topological polar surface area (TPSA) is 181 Å². The molecule has 3 fully saturated rings. The van der Waals surface area contributed by atoms with E-state index in [4.69, 9.17) is 4.98 Å². The summed E-state index contributed by atoms with van der Waals surface area (Å²) >= 11 is 0. The molecule has 6 aliphatic rings. The molecule has 4 amide bonds. The minimum atomic E-state index is -0.780. The van der Waals surface area contributed by atoms with E-state index in [1.165, 1.54) is 26.8 Å². The molecular weight excluding hydrogens is 894 g/mol. The third-order valence-electron chi connectivity index (χ3n) is 15.4. The number of halogens is 1. The number of imide groups is 1. The Labute approximate surface area is 404 Å². The number of aryl methyl sites for hydroxylation is 1. The fraction of sp³-hybridized carbons (Fsp3) is 0.442. The Morgan fingerprint density at radius 1 is 0.871 bits per heavy atom. The summed E-state index contributed by atoms with van der Waals surface area (Å²) in [6, 6.07) is 12.5. The predicted octanol–water partition coefficient (Wildman–Crippen LogP) is 4.35. The Morgan fingerprint density at radius 3 is 2.41 bits per heavy atom. The molecule has 0 spiro atoms. The molecule has 0 radical (unpaired) electrons. The SMILES string of the molecule is Cn1cc(-c2ccnc(N3CCn4c(cc5c4CC(C)(C)C5)C3=O)c2CO)cc(Nc2ccc(N3CCN(C4CCN(Cc5cc(F)c6c(c5)CN(C5CCC(=O)NC5=O)C6=O)CC4)CC3)cn2)c1=O. The number of hydrogen-bond acceptors (Lipinski definition) is 12. The molecule has 1 aliphatic carbocycles. The van der Waals surface area contributed by atoms with Gasteiger partial charge in [-0.3, -0.25) is 44.0 Å². The van der Waals surface area contributed by atoms with Crippen LogP contribution in [0.5, 0.6) is 0 Å². The maximum absolute atomic E-state index is 15.4. The zero-order valence-electron chi connectivity index (χ0n) is 39.8. The molecule has 1 unspecified atom stereocenters. The summed E-state index contributed by atoms with van der Waals surface area (Å²) in [5.74, 6) is -1.14. The molecule has 1 aromatic carbocycles. The van der Waals surface area contributed by atoms with Gasteiger partial charge in [0.2, 0.25) is 11.8 Å². The number of piperidine rings is 2. The molecular formula is C52H58FN11O6. The van der Waals surface area contributed by atoms with Crippen molar-refractivity contribution in [3.63, 3.8) is 0 Å². The zero-order valence-corrected chi connectivity index (χ0v) is 39.8. The Balaban J connectivity index is 0.691. The molecule has 11 rings (SSSR count). The molecule has 4 aromatic heterocycles. The fourth-order valence-electron chi connectivity index (χ4n) is 11.8. The van der Waals surface area contributed by atoms with Crippen LogP contribution >= 0.6 is 0 Å². The second-order valence-corrected chi connectivity index (χ2v) is 20.6. The number of rotatable bonds is 10. The molecule has 5 aromatic rings. The third kappa shape index (κ3) is 8.34. The van der Waals surface area contributed by atoms with Crippen LogP contribution in [0, 0.1) is 11.2 Å². The minimum Gasteiger partial charge on any atom is -0.392 e. The summed E-state index contributed by atoms with van der Waals surface area (Å²) in [7, 11) is 1.69. The van der Waals surface area contributed by atoms with E-state index in [1.54, 1.807) is 36.5 Å². The largest absolute Gasteiger partial charge is 0.392 e. The van der Waals surface area contributed by atoms with Gasteiger partial charge in [0.15, 0.2) is 0 Å². The Kier molecular flexibility index (Phi) is 11.7. The van der Waals surface area contributed by atoms with Crippen LogP contribution in [0.3, 0.4) is 0 Å². The van der Waals surface area contributed by atoms with Gasteiger partial charge in [0.1, 0.15) is 34.9 Å². The molecule has 364 valence electrons. The number of aliphatic hydroxyl groups is 1. The van der Waals surface area contributed by atoms with Crippen LogP contribution in [0.25, 0.3) is 11.1 Å². The second-order valence-electron chi connectivity index (χ2n) is 20.6. The van der Waals surface area contributed by atoms with Crippen LogP contribution in [-0.4, -0.2) is 120 Å². The molecule has 3 saturated heterocycles. The number of anilines is 4. The van der Waals surface area contributed by atoms with Gasteiger partial charge in [0, 0.05) is 101 Å². The maximum Gasteiger partial charge on any atom is 0.276 e. The van der Waals surface area contributed by atoms with Crippen molar-refractivity contribution in [3.05, 3.63) is 116 Å². The molecule has 9 heterocycles. The molecule has 5 aliphatic heterocycles. The number of carbonyl (C=O) groups excluding carboxylic acids is 4. The van der Waals surface area contributed by atoms with Crippen LogP contribution in [-0.2, 0) is 55.7 Å². The molecule has 3 N–H and O–H groups in total. The molecule has 17 nitrogen and oxygen atoms in total. The lowest BCUT2D eigenvalue weighted by molar-refractivity contribution is -0.136. The number of nitrogens with zero attached hydrogens (tertiary/aromatic N) is 9. The van der Waals surface area contributed by atoms with E-state index in [0.29, 0.717) is 70.9 Å². The average molecular weight is 952 g/mol. The summed E-state index contributed by atoms with van der Waals surface area (Å²) in [6.07, 6.45) is 9.45. The number of aromatic nitrogens is 4. The highest BCUT2D eigenvalue weighted by Crippen LogP contribution is 2.40. The van der Waals surface area contributed by atoms with Crippen molar-refractivity contribution < 1.29 is 28.7 Å². The number of pyridine rings is 3. The number of nitrogens with one attached hydrogen (secondary N) is 2. The highest BCUT2D eigenvalue weighted by Gasteiger charge is 2.41. The van der Waals surface area contributed by atoms with Gasteiger partial charge in [-0.2, -0.15) is 0 Å². The smallest absolute Gasteiger partial charge is 0.276 e. The first kappa shape index (κ1) is 45.7. The average Bonchev–Trinajstić information content (AvgIpc) is 3.97. The summed E-state index contributed by atoms with van der Waals surface area (Å²) in [5, 5.41) is 16.3. The van der Waals surface area contributed by atoms with Crippen molar-refractivity contribution in [2.45, 2.75) is 90.7 Å². The minimum absolute atomic E-state index is 0.0234. The highest BCUT2D eigenvalue weighted by atomic mass is 19.1. The van der Waals surface area contributed by atoms with Gasteiger partial charge >= 0.3 is 0 Å². The molecule has 70 heavy (non-hydrogen) atoms. The summed E-state index contributed by atoms with van der Waals surface area (Å²) in [4.78, 5) is 84.4. The van der Waals surface area contributed by atoms with Crippen molar-refractivity contribution in [1.29, 1.82) is 0 Å². The number of piperazine rings is 1. The van der Waals surface area contributed by atoms with Gasteiger partial charge in [0.05, 0.1) is 24.1 Å². The lowest BCUT2D eigenvalue weighted by Gasteiger charge is -2.43. The number of hydrogen-bond donors (Lipinski definition) is 3. The Morgan fingerprint density at radius 2 is 1.67 bits per heavy atom. The first-order chi connectivity index (χ1) is 33.7. The zero-order chi connectivity index (χ0) is 48.6. The van der Waals surface area contributed by atoms with Crippen molar-refractivity contribution in [1.82, 2.24) is 39.1 Å². The van der Waals surface area contributed by atoms with Crippen LogP contribution in [0.1, 0.15) is 88.3 Å². The molecule has 0 bridgehead atoms. The van der Waals surface area contributed by atoms with Crippen molar-refractivity contribution >= 4 is 46.6 Å². The first-order valence-electron chi connectivity index (χ1n) is 24.5. The second kappa shape index (κ2) is 17.9. The van der Waals surface area contributed by atoms with Gasteiger partial charge in [0.25, 0.3) is 17.4 Å². The molecule has 1 atom stereocenters. The van der Waals surface area contributed by atoms with Crippen molar-refractivity contribution in [3.8, 4) is 11.1 Å². The van der Waals surface area contributed by atoms with E-state index in [-0.39, 0.29) is 54.3 Å². The first-order valence-corrected chi connectivity index (χ1v) is 24.5. The number of aliphatic hydroxyl groups excluding tert-OH is 1. The Hall–Kier alpha value is -6.76. The number of fused-ring (bicyclic) bond motifs is 4. The number of benzene rings is 1. The predicted molar refractivity (Wildman–Crippen MR) is 260 cm³/mol. The normalized spacial score (nSPS) is 20.8. The van der Waals surface area contributed by atoms with Gasteiger partial charge in [-0.25, -0.2) is 14.4 Å². The highest BCUT2D eigenvalue weighted by molar-refractivity contribution is 6.07. The van der Waals surface area contributed by atoms with E-state index < -0.39 is 23.7 Å². The van der Waals surface area contributed by atoms with E-state index in [1.807, 2.05) is 30.5 Å². The maximum atomic E-state index is 15.4. The van der Waals surface area contributed by atoms with Crippen LogP contribution in [0.15, 0.2) is 65.8 Å². The lowest BCUT2D eigenvalue weighted by atomic mass is 9.90.